The number of hydrogen-bond acceptors (Lipinski definition) is 6. The van der Waals surface area contributed by atoms with E-state index >= 15 is 0 Å². The van der Waals surface area contributed by atoms with Crippen LogP contribution in [0.2, 0.25) is 0 Å². The molecule has 15 heavy (non-hydrogen) atoms. The second-order valence-electron chi connectivity index (χ2n) is 3.17. The lowest BCUT2D eigenvalue weighted by atomic mass is 10.3. The van der Waals surface area contributed by atoms with Crippen molar-refractivity contribution in [3.8, 4) is 0 Å². The number of nitrogens with zero attached hydrogens (tertiary/aromatic N) is 4. The minimum absolute atomic E-state index is 0.126. The number of aliphatic hydroxyl groups is 1. The fourth-order valence-corrected chi connectivity index (χ4v) is 1.19. The number of nitrogens with two attached hydrogens (primary N) is 1. The molecular formula is C7H13N6OS. The highest BCUT2D eigenvalue weighted by molar-refractivity contribution is 7.80. The molecule has 0 aliphatic rings. The maximum Gasteiger partial charge on any atom is 0.246 e. The van der Waals surface area contributed by atoms with E-state index in [2.05, 4.69) is 22.3 Å². The Kier molecular flexibility index (Phi) is 3.43. The summed E-state index contributed by atoms with van der Waals surface area (Å²) in [7, 11) is 3.54. The maximum absolute atomic E-state index is 9.06. The summed E-state index contributed by atoms with van der Waals surface area (Å²) >= 11 is 4.68. The Bertz CT molecular complexity index is 362. The van der Waals surface area contributed by atoms with Crippen molar-refractivity contribution in [2.75, 3.05) is 31.3 Å². The third-order valence-electron chi connectivity index (χ3n) is 1.82. The van der Waals surface area contributed by atoms with E-state index in [1.807, 2.05) is 0 Å². The molecule has 1 heterocycles. The number of hydrogen-bond donors (Lipinski definition) is 2. The van der Waals surface area contributed by atoms with Crippen LogP contribution in [0.4, 0.5) is 11.9 Å². The molecule has 0 saturated heterocycles. The van der Waals surface area contributed by atoms with Crippen molar-refractivity contribution in [2.45, 2.75) is 6.04 Å². The lowest BCUT2D eigenvalue weighted by molar-refractivity contribution is 0.256. The molecule has 83 valence electrons. The average Bonchev–Trinajstić information content (AvgIpc) is 2.49. The quantitative estimate of drug-likeness (QED) is 0.646. The first-order valence-electron chi connectivity index (χ1n) is 4.23. The van der Waals surface area contributed by atoms with Gasteiger partial charge in [-0.15, -0.1) is 5.10 Å². The smallest absolute Gasteiger partial charge is 0.246 e. The average molecular weight is 229 g/mol. The largest absolute Gasteiger partial charge is 0.394 e. The van der Waals surface area contributed by atoms with Crippen molar-refractivity contribution in [3.05, 3.63) is 0 Å². The minimum atomic E-state index is -0.721. The van der Waals surface area contributed by atoms with Gasteiger partial charge in [0.25, 0.3) is 0 Å². The normalized spacial score (nSPS) is 12.5. The molecule has 0 aliphatic carbocycles. The molecule has 7 nitrogen and oxygen atoms in total. The Balaban J connectivity index is 3.07. The Labute approximate surface area is 92.7 Å². The molecule has 0 spiro atoms. The van der Waals surface area contributed by atoms with Crippen molar-refractivity contribution in [1.29, 1.82) is 0 Å². The molecule has 0 fully saturated rings. The molecule has 0 aromatic carbocycles. The highest BCUT2D eigenvalue weighted by Crippen LogP contribution is 2.14. The molecule has 8 heteroatoms. The molecule has 0 amide bonds. The van der Waals surface area contributed by atoms with Gasteiger partial charge >= 0.3 is 0 Å². The van der Waals surface area contributed by atoms with Crippen molar-refractivity contribution in [2.24, 2.45) is 0 Å². The van der Waals surface area contributed by atoms with Crippen molar-refractivity contribution in [3.63, 3.8) is 0 Å². The van der Waals surface area contributed by atoms with Gasteiger partial charge in [-0.05, 0) is 0 Å². The predicted molar refractivity (Wildman–Crippen MR) is 60.6 cm³/mol. The number of aliphatic hydroxyl groups excluding tert-OH is 1. The van der Waals surface area contributed by atoms with E-state index in [0.717, 1.165) is 0 Å². The predicted octanol–water partition coefficient (Wildman–Crippen LogP) is -0.930. The molecule has 1 radical (unpaired) electrons. The second-order valence-corrected chi connectivity index (χ2v) is 3.61. The van der Waals surface area contributed by atoms with E-state index < -0.39 is 6.04 Å². The van der Waals surface area contributed by atoms with Gasteiger partial charge in [-0.2, -0.15) is 4.98 Å². The summed E-state index contributed by atoms with van der Waals surface area (Å²) in [4.78, 5) is 5.51. The monoisotopic (exact) mass is 229 g/mol. The van der Waals surface area contributed by atoms with E-state index in [1.165, 1.54) is 4.68 Å². The summed E-state index contributed by atoms with van der Waals surface area (Å²) in [6, 6.07) is -0.721. The molecule has 1 rings (SSSR count). The third kappa shape index (κ3) is 2.34. The van der Waals surface area contributed by atoms with E-state index in [0.29, 0.717) is 5.95 Å². The Morgan fingerprint density at radius 2 is 2.33 bits per heavy atom. The van der Waals surface area contributed by atoms with Gasteiger partial charge in [0.05, 0.1) is 6.61 Å². The van der Waals surface area contributed by atoms with Crippen LogP contribution in [0, 0.1) is 0 Å². The number of nitrogens with one attached hydrogen (secondary N) is 1. The highest BCUT2D eigenvalue weighted by Gasteiger charge is 2.19. The van der Waals surface area contributed by atoms with Crippen LogP contribution >= 0.6 is 12.2 Å². The summed E-state index contributed by atoms with van der Waals surface area (Å²) in [6.45, 7) is -0.317. The molecule has 0 bridgehead atoms. The second kappa shape index (κ2) is 4.41. The van der Waals surface area contributed by atoms with Crippen LogP contribution in [0.5, 0.6) is 0 Å². The van der Waals surface area contributed by atoms with E-state index in [4.69, 9.17) is 16.6 Å². The molecule has 1 unspecified atom stereocenters. The first kappa shape index (κ1) is 11.7. The Hall–Kier alpha value is -1.41. The van der Waals surface area contributed by atoms with Gasteiger partial charge in [0, 0.05) is 14.1 Å². The van der Waals surface area contributed by atoms with Gasteiger partial charge in [-0.25, -0.2) is 4.68 Å². The molecule has 1 atom stereocenters. The third-order valence-corrected chi connectivity index (χ3v) is 2.09. The maximum atomic E-state index is 9.06. The first-order chi connectivity index (χ1) is 6.97. The Morgan fingerprint density at radius 1 is 1.73 bits per heavy atom. The zero-order chi connectivity index (χ0) is 11.6. The van der Waals surface area contributed by atoms with Crippen molar-refractivity contribution < 1.29 is 5.11 Å². The number of thiocarbonyl (C=S) groups is 1. The number of aromatic nitrogens is 3. The summed E-state index contributed by atoms with van der Waals surface area (Å²) in [5.41, 5.74) is 12.9. The summed E-state index contributed by atoms with van der Waals surface area (Å²) < 4.78 is 1.25. The summed E-state index contributed by atoms with van der Waals surface area (Å²) in [6.07, 6.45) is 0. The molecule has 0 aliphatic heterocycles. The molecular weight excluding hydrogens is 216 g/mol. The standard InChI is InChI=1S/C7H13N6OS/c1-12(2)7-10-6(9)13(11-7)4(3-14)5(8)15/h4,8,14H,3H2,1-2H3,(H2,9,10,11). The fourth-order valence-electron chi connectivity index (χ4n) is 1.01. The number of nitrogen functional groups attached to an aromatic ring is 1. The van der Waals surface area contributed by atoms with Crippen molar-refractivity contribution >= 4 is 29.1 Å². The van der Waals surface area contributed by atoms with Crippen LogP contribution in [-0.2, 0) is 0 Å². The zero-order valence-corrected chi connectivity index (χ0v) is 9.32. The van der Waals surface area contributed by atoms with Gasteiger partial charge in [-0.3, -0.25) is 5.73 Å². The number of anilines is 2. The van der Waals surface area contributed by atoms with Gasteiger partial charge in [0.1, 0.15) is 11.0 Å². The van der Waals surface area contributed by atoms with E-state index in [-0.39, 0.29) is 17.5 Å². The van der Waals surface area contributed by atoms with Crippen LogP contribution in [-0.4, -0.2) is 45.6 Å². The van der Waals surface area contributed by atoms with Crippen molar-refractivity contribution in [1.82, 2.24) is 20.5 Å². The fraction of sp³-hybridized carbons (Fsp3) is 0.571. The van der Waals surface area contributed by atoms with E-state index in [9.17, 15) is 0 Å². The molecule has 0 saturated carbocycles. The van der Waals surface area contributed by atoms with Gasteiger partial charge in [0.15, 0.2) is 0 Å². The van der Waals surface area contributed by atoms with Crippen LogP contribution in [0.1, 0.15) is 6.04 Å². The molecule has 1 aromatic heterocycles. The summed E-state index contributed by atoms with van der Waals surface area (Å²) in [5.74, 6) is 0.551. The minimum Gasteiger partial charge on any atom is -0.394 e. The first-order valence-corrected chi connectivity index (χ1v) is 4.63. The molecule has 1 aromatic rings. The molecule has 4 N–H and O–H groups in total. The lowest BCUT2D eigenvalue weighted by Crippen LogP contribution is -2.25. The Morgan fingerprint density at radius 3 is 2.67 bits per heavy atom. The SMILES string of the molecule is CN(C)c1nc(N)n(C(CO)C([NH])=S)n1. The van der Waals surface area contributed by atoms with Crippen LogP contribution in [0.25, 0.3) is 0 Å². The number of rotatable bonds is 4. The van der Waals surface area contributed by atoms with Gasteiger partial charge in [0.2, 0.25) is 11.9 Å². The zero-order valence-electron chi connectivity index (χ0n) is 8.51. The summed E-state index contributed by atoms with van der Waals surface area (Å²) in [5, 5.41) is 13.1. The van der Waals surface area contributed by atoms with E-state index in [1.54, 1.807) is 19.0 Å². The lowest BCUT2D eigenvalue weighted by Gasteiger charge is -2.12. The van der Waals surface area contributed by atoms with Crippen LogP contribution in [0.3, 0.4) is 0 Å². The highest BCUT2D eigenvalue weighted by atomic mass is 32.1. The van der Waals surface area contributed by atoms with Crippen LogP contribution < -0.4 is 16.4 Å². The van der Waals surface area contributed by atoms with Gasteiger partial charge < -0.3 is 15.7 Å². The topological polar surface area (TPSA) is 104 Å². The van der Waals surface area contributed by atoms with Gasteiger partial charge in [-0.1, -0.05) is 12.2 Å². The van der Waals surface area contributed by atoms with Crippen LogP contribution in [0.15, 0.2) is 0 Å².